The van der Waals surface area contributed by atoms with Gasteiger partial charge in [0.1, 0.15) is 6.54 Å². The van der Waals surface area contributed by atoms with Gasteiger partial charge in [-0.2, -0.15) is 13.2 Å². The Kier molecular flexibility index (Phi) is 4.04. The summed E-state index contributed by atoms with van der Waals surface area (Å²) in [6, 6.07) is 0. The van der Waals surface area contributed by atoms with Gasteiger partial charge in [0.2, 0.25) is 0 Å². The fourth-order valence-electron chi connectivity index (χ4n) is 1.27. The number of halogens is 3. The summed E-state index contributed by atoms with van der Waals surface area (Å²) in [5.74, 6) is -1.76. The highest BCUT2D eigenvalue weighted by molar-refractivity contribution is 5.93. The van der Waals surface area contributed by atoms with E-state index in [2.05, 4.69) is 15.0 Å². The molecule has 6 nitrogen and oxygen atoms in total. The molecule has 1 heterocycles. The molecule has 0 aliphatic rings. The number of ketones is 1. The van der Waals surface area contributed by atoms with Crippen molar-refractivity contribution in [2.75, 3.05) is 6.61 Å². The predicted octanol–water partition coefficient (Wildman–Crippen LogP) is 1.06. The SMILES string of the molecule is CCOC(=O)Cn1nnc(C(C)=O)c1C(F)(F)F. The van der Waals surface area contributed by atoms with Crippen molar-refractivity contribution in [3.8, 4) is 0 Å². The standard InChI is InChI=1S/C9H10F3N3O3/c1-3-18-6(17)4-15-8(9(10,11)12)7(5(2)16)13-14-15/h3-4H2,1-2H3. The van der Waals surface area contributed by atoms with Crippen molar-refractivity contribution in [1.82, 2.24) is 15.0 Å². The van der Waals surface area contributed by atoms with Crippen LogP contribution < -0.4 is 0 Å². The molecular formula is C9H10F3N3O3. The number of aromatic nitrogens is 3. The van der Waals surface area contributed by atoms with Crippen LogP contribution in [0.2, 0.25) is 0 Å². The maximum absolute atomic E-state index is 12.7. The quantitative estimate of drug-likeness (QED) is 0.601. The Balaban J connectivity index is 3.13. The van der Waals surface area contributed by atoms with Crippen LogP contribution >= 0.6 is 0 Å². The zero-order valence-electron chi connectivity index (χ0n) is 9.61. The normalized spacial score (nSPS) is 11.4. The summed E-state index contributed by atoms with van der Waals surface area (Å²) < 4.78 is 43.0. The van der Waals surface area contributed by atoms with E-state index in [1.807, 2.05) is 0 Å². The van der Waals surface area contributed by atoms with Gasteiger partial charge in [-0.25, -0.2) is 4.68 Å². The molecule has 0 radical (unpaired) electrons. The first-order valence-corrected chi connectivity index (χ1v) is 4.94. The molecule has 0 aliphatic carbocycles. The zero-order valence-corrected chi connectivity index (χ0v) is 9.61. The molecular weight excluding hydrogens is 255 g/mol. The highest BCUT2D eigenvalue weighted by Crippen LogP contribution is 2.31. The summed E-state index contributed by atoms with van der Waals surface area (Å²) in [4.78, 5) is 22.1. The Hall–Kier alpha value is -1.93. The van der Waals surface area contributed by atoms with Gasteiger partial charge in [-0.15, -0.1) is 5.10 Å². The number of hydrogen-bond acceptors (Lipinski definition) is 5. The third-order valence-corrected chi connectivity index (χ3v) is 1.92. The van der Waals surface area contributed by atoms with E-state index in [0.29, 0.717) is 4.68 Å². The molecule has 0 atom stereocenters. The molecule has 0 amide bonds. The highest BCUT2D eigenvalue weighted by Gasteiger charge is 2.41. The Morgan fingerprint density at radius 1 is 1.39 bits per heavy atom. The van der Waals surface area contributed by atoms with Gasteiger partial charge >= 0.3 is 12.1 Å². The van der Waals surface area contributed by atoms with Gasteiger partial charge in [0.15, 0.2) is 17.2 Å². The molecule has 0 bridgehead atoms. The average Bonchev–Trinajstić information content (AvgIpc) is 2.61. The lowest BCUT2D eigenvalue weighted by Gasteiger charge is -2.09. The maximum atomic E-state index is 12.7. The first-order valence-electron chi connectivity index (χ1n) is 4.94. The Morgan fingerprint density at radius 3 is 2.44 bits per heavy atom. The number of Topliss-reactive ketones (excluding diaryl/α,β-unsaturated/α-hetero) is 1. The van der Waals surface area contributed by atoms with Gasteiger partial charge in [0.05, 0.1) is 6.61 Å². The van der Waals surface area contributed by atoms with Crippen LogP contribution in [-0.4, -0.2) is 33.4 Å². The molecule has 100 valence electrons. The van der Waals surface area contributed by atoms with E-state index in [0.717, 1.165) is 6.92 Å². The van der Waals surface area contributed by atoms with E-state index in [1.54, 1.807) is 0 Å². The molecule has 0 aliphatic heterocycles. The second-order valence-corrected chi connectivity index (χ2v) is 3.30. The molecule has 0 aromatic carbocycles. The lowest BCUT2D eigenvalue weighted by Crippen LogP contribution is -2.22. The smallest absolute Gasteiger partial charge is 0.435 e. The van der Waals surface area contributed by atoms with Crippen LogP contribution in [0.25, 0.3) is 0 Å². The van der Waals surface area contributed by atoms with E-state index in [-0.39, 0.29) is 6.61 Å². The molecule has 9 heteroatoms. The number of nitrogens with zero attached hydrogens (tertiary/aromatic N) is 3. The maximum Gasteiger partial charge on any atom is 0.435 e. The number of alkyl halides is 3. The van der Waals surface area contributed by atoms with Crippen molar-refractivity contribution in [2.45, 2.75) is 26.6 Å². The number of ether oxygens (including phenoxy) is 1. The summed E-state index contributed by atoms with van der Waals surface area (Å²) in [6.07, 6.45) is -4.82. The average molecular weight is 265 g/mol. The second-order valence-electron chi connectivity index (χ2n) is 3.30. The summed E-state index contributed by atoms with van der Waals surface area (Å²) in [7, 11) is 0. The molecule has 0 unspecified atom stereocenters. The molecule has 0 spiro atoms. The minimum absolute atomic E-state index is 0.0362. The second kappa shape index (κ2) is 5.15. The van der Waals surface area contributed by atoms with Crippen molar-refractivity contribution in [1.29, 1.82) is 0 Å². The van der Waals surface area contributed by atoms with Gasteiger partial charge in [0.25, 0.3) is 0 Å². The molecule has 0 saturated heterocycles. The Bertz CT molecular complexity index is 467. The minimum Gasteiger partial charge on any atom is -0.465 e. The van der Waals surface area contributed by atoms with Crippen molar-refractivity contribution in [3.63, 3.8) is 0 Å². The topological polar surface area (TPSA) is 74.1 Å². The lowest BCUT2D eigenvalue weighted by atomic mass is 10.2. The van der Waals surface area contributed by atoms with Gasteiger partial charge in [-0.1, -0.05) is 5.21 Å². The summed E-state index contributed by atoms with van der Waals surface area (Å²) >= 11 is 0. The fourth-order valence-corrected chi connectivity index (χ4v) is 1.27. The predicted molar refractivity (Wildman–Crippen MR) is 51.7 cm³/mol. The van der Waals surface area contributed by atoms with Crippen molar-refractivity contribution in [3.05, 3.63) is 11.4 Å². The van der Waals surface area contributed by atoms with Crippen LogP contribution in [0.4, 0.5) is 13.2 Å². The highest BCUT2D eigenvalue weighted by atomic mass is 19.4. The zero-order chi connectivity index (χ0) is 13.9. The van der Waals surface area contributed by atoms with Gasteiger partial charge in [-0.05, 0) is 6.92 Å². The van der Waals surface area contributed by atoms with Crippen LogP contribution in [-0.2, 0) is 22.3 Å². The number of rotatable bonds is 4. The molecule has 0 N–H and O–H groups in total. The molecule has 1 aromatic heterocycles. The van der Waals surface area contributed by atoms with E-state index >= 15 is 0 Å². The Morgan fingerprint density at radius 2 is 2.00 bits per heavy atom. The van der Waals surface area contributed by atoms with Crippen molar-refractivity contribution in [2.24, 2.45) is 0 Å². The van der Waals surface area contributed by atoms with E-state index in [1.165, 1.54) is 6.92 Å². The van der Waals surface area contributed by atoms with Crippen molar-refractivity contribution >= 4 is 11.8 Å². The summed E-state index contributed by atoms with van der Waals surface area (Å²) in [5.41, 5.74) is -2.16. The van der Waals surface area contributed by atoms with E-state index in [4.69, 9.17) is 0 Å². The third-order valence-electron chi connectivity index (χ3n) is 1.92. The van der Waals surface area contributed by atoms with Crippen LogP contribution in [0, 0.1) is 0 Å². The van der Waals surface area contributed by atoms with Crippen LogP contribution in [0.1, 0.15) is 30.0 Å². The first kappa shape index (κ1) is 14.1. The van der Waals surface area contributed by atoms with Crippen LogP contribution in [0.3, 0.4) is 0 Å². The van der Waals surface area contributed by atoms with E-state index < -0.39 is 35.9 Å². The third kappa shape index (κ3) is 3.05. The lowest BCUT2D eigenvalue weighted by molar-refractivity contribution is -0.149. The molecule has 0 fully saturated rings. The monoisotopic (exact) mass is 265 g/mol. The first-order chi connectivity index (χ1) is 8.27. The Labute approximate surface area is 99.7 Å². The number of carbonyl (C=O) groups is 2. The van der Waals surface area contributed by atoms with Gasteiger partial charge < -0.3 is 4.74 Å². The minimum atomic E-state index is -4.82. The van der Waals surface area contributed by atoms with Crippen LogP contribution in [0.5, 0.6) is 0 Å². The molecule has 1 rings (SSSR count). The molecule has 0 saturated carbocycles. The fraction of sp³-hybridized carbons (Fsp3) is 0.556. The number of hydrogen-bond donors (Lipinski definition) is 0. The molecule has 1 aromatic rings. The molecule has 18 heavy (non-hydrogen) atoms. The summed E-state index contributed by atoms with van der Waals surface area (Å²) in [6.45, 7) is 1.75. The van der Waals surface area contributed by atoms with Gasteiger partial charge in [0, 0.05) is 6.92 Å². The van der Waals surface area contributed by atoms with Crippen LogP contribution in [0.15, 0.2) is 0 Å². The largest absolute Gasteiger partial charge is 0.465 e. The van der Waals surface area contributed by atoms with Gasteiger partial charge in [-0.3, -0.25) is 9.59 Å². The van der Waals surface area contributed by atoms with Crippen molar-refractivity contribution < 1.29 is 27.5 Å². The van der Waals surface area contributed by atoms with E-state index in [9.17, 15) is 22.8 Å². The summed E-state index contributed by atoms with van der Waals surface area (Å²) in [5, 5.41) is 6.28. The number of esters is 1. The number of carbonyl (C=O) groups excluding carboxylic acids is 2.